The first kappa shape index (κ1) is 20.1. The second-order valence-electron chi connectivity index (χ2n) is 7.80. The Labute approximate surface area is 173 Å². The molecule has 0 aromatic carbocycles. The lowest BCUT2D eigenvalue weighted by Gasteiger charge is -2.33. The highest BCUT2D eigenvalue weighted by Crippen LogP contribution is 2.27. The van der Waals surface area contributed by atoms with E-state index in [2.05, 4.69) is 37.8 Å². The molecule has 1 saturated carbocycles. The summed E-state index contributed by atoms with van der Waals surface area (Å²) in [6.07, 6.45) is 5.31. The number of amides is 1. The Bertz CT molecular complexity index is 812. The molecular weight excluding hydrogens is 395 g/mol. The van der Waals surface area contributed by atoms with E-state index in [-0.39, 0.29) is 18.1 Å². The van der Waals surface area contributed by atoms with E-state index in [9.17, 15) is 9.18 Å². The molecule has 1 saturated heterocycles. The average molecular weight is 423 g/mol. The van der Waals surface area contributed by atoms with E-state index in [1.807, 2.05) is 12.3 Å². The fourth-order valence-electron chi connectivity index (χ4n) is 3.72. The molecule has 3 aliphatic rings. The van der Waals surface area contributed by atoms with Gasteiger partial charge in [-0.15, -0.1) is 11.3 Å². The van der Waals surface area contributed by atoms with Gasteiger partial charge in [0.15, 0.2) is 5.13 Å². The van der Waals surface area contributed by atoms with Crippen molar-refractivity contribution in [3.63, 3.8) is 0 Å². The van der Waals surface area contributed by atoms with Crippen molar-refractivity contribution in [2.45, 2.75) is 64.0 Å². The third-order valence-electron chi connectivity index (χ3n) is 5.45. The number of likely N-dealkylation sites (tertiary alicyclic amines) is 1. The van der Waals surface area contributed by atoms with Gasteiger partial charge in [-0.2, -0.15) is 0 Å². The van der Waals surface area contributed by atoms with Gasteiger partial charge in [0.1, 0.15) is 24.8 Å². The minimum atomic E-state index is -0.775. The van der Waals surface area contributed by atoms with Crippen molar-refractivity contribution in [2.75, 3.05) is 18.5 Å². The summed E-state index contributed by atoms with van der Waals surface area (Å²) >= 11 is 1.49. The Morgan fingerprint density at radius 1 is 1.48 bits per heavy atom. The lowest BCUT2D eigenvalue weighted by Crippen LogP contribution is -2.48. The number of aliphatic imine (C=N–C) groups is 1. The molecule has 1 aromatic heterocycles. The Morgan fingerprint density at radius 3 is 3.07 bits per heavy atom. The lowest BCUT2D eigenvalue weighted by molar-refractivity contribution is -0.114. The van der Waals surface area contributed by atoms with Crippen LogP contribution in [0.1, 0.15) is 38.0 Å². The molecule has 3 N–H and O–H groups in total. The second kappa shape index (κ2) is 8.66. The summed E-state index contributed by atoms with van der Waals surface area (Å²) in [6.45, 7) is 5.66. The quantitative estimate of drug-likeness (QED) is 0.649. The van der Waals surface area contributed by atoms with E-state index in [0.29, 0.717) is 30.2 Å². The fourth-order valence-corrected chi connectivity index (χ4v) is 4.60. The van der Waals surface area contributed by atoms with E-state index in [0.717, 1.165) is 36.6 Å². The number of halogens is 1. The number of hydrogen-bond donors (Lipinski definition) is 3. The highest BCUT2D eigenvalue weighted by molar-refractivity contribution is 7.15. The van der Waals surface area contributed by atoms with Crippen molar-refractivity contribution < 1.29 is 13.9 Å². The molecule has 3 heterocycles. The summed E-state index contributed by atoms with van der Waals surface area (Å²) in [6, 6.07) is 0.259. The van der Waals surface area contributed by atoms with Gasteiger partial charge < -0.3 is 20.7 Å². The van der Waals surface area contributed by atoms with Gasteiger partial charge >= 0.3 is 0 Å². The van der Waals surface area contributed by atoms with E-state index >= 15 is 0 Å². The smallest absolute Gasteiger partial charge is 0.223 e. The zero-order valence-electron chi connectivity index (χ0n) is 16.7. The summed E-state index contributed by atoms with van der Waals surface area (Å²) in [5, 5.41) is 9.67. The summed E-state index contributed by atoms with van der Waals surface area (Å²) in [5.41, 5.74) is 0. The third kappa shape index (κ3) is 5.05. The number of aromatic nitrogens is 1. The molecule has 4 rings (SSSR count). The molecule has 2 aliphatic heterocycles. The zero-order chi connectivity index (χ0) is 20.4. The van der Waals surface area contributed by atoms with Crippen LogP contribution in [0.25, 0.3) is 0 Å². The molecule has 1 aromatic rings. The van der Waals surface area contributed by atoms with Gasteiger partial charge in [0.05, 0.1) is 6.04 Å². The van der Waals surface area contributed by atoms with Crippen LogP contribution in [0.5, 0.6) is 0 Å². The van der Waals surface area contributed by atoms with Gasteiger partial charge in [-0.25, -0.2) is 14.4 Å². The van der Waals surface area contributed by atoms with Crippen molar-refractivity contribution >= 4 is 28.3 Å². The Kier molecular flexibility index (Phi) is 6.00. The van der Waals surface area contributed by atoms with Crippen LogP contribution in [-0.4, -0.2) is 59.3 Å². The number of anilines is 1. The minimum absolute atomic E-state index is 0.0553. The number of nitrogens with zero attached hydrogens (tertiary/aromatic N) is 3. The molecule has 0 spiro atoms. The molecule has 0 bridgehead atoms. The Morgan fingerprint density at radius 2 is 2.34 bits per heavy atom. The van der Waals surface area contributed by atoms with Crippen molar-refractivity contribution in [3.05, 3.63) is 23.0 Å². The van der Waals surface area contributed by atoms with Crippen LogP contribution in [-0.2, 0) is 16.1 Å². The summed E-state index contributed by atoms with van der Waals surface area (Å²) < 4.78 is 19.6. The fraction of sp³-hybridized carbons (Fsp3) is 0.632. The van der Waals surface area contributed by atoms with E-state index in [1.54, 1.807) is 0 Å². The summed E-state index contributed by atoms with van der Waals surface area (Å²) in [4.78, 5) is 23.2. The molecule has 1 amide bonds. The monoisotopic (exact) mass is 422 g/mol. The maximum absolute atomic E-state index is 13.5. The molecule has 158 valence electrons. The number of rotatable bonds is 6. The third-order valence-corrected chi connectivity index (χ3v) is 6.35. The molecule has 3 unspecified atom stereocenters. The Balaban J connectivity index is 1.29. The molecule has 2 fully saturated rings. The molecule has 1 aliphatic carbocycles. The average Bonchev–Trinajstić information content (AvgIpc) is 3.24. The number of alkyl halides is 1. The number of ether oxygens (including phenoxy) is 1. The van der Waals surface area contributed by atoms with Crippen LogP contribution < -0.4 is 16.0 Å². The maximum atomic E-state index is 13.5. The van der Waals surface area contributed by atoms with Crippen molar-refractivity contribution in [1.82, 2.24) is 20.5 Å². The molecule has 8 nitrogen and oxygen atoms in total. The van der Waals surface area contributed by atoms with Gasteiger partial charge in [-0.05, 0) is 19.8 Å². The van der Waals surface area contributed by atoms with E-state index in [4.69, 9.17) is 4.74 Å². The van der Waals surface area contributed by atoms with E-state index in [1.165, 1.54) is 18.3 Å². The minimum Gasteiger partial charge on any atom is -0.473 e. The highest BCUT2D eigenvalue weighted by Gasteiger charge is 2.33. The van der Waals surface area contributed by atoms with Crippen LogP contribution in [0.4, 0.5) is 9.52 Å². The molecule has 29 heavy (non-hydrogen) atoms. The lowest BCUT2D eigenvalue weighted by atomic mass is 9.91. The van der Waals surface area contributed by atoms with Crippen molar-refractivity contribution in [1.29, 1.82) is 0 Å². The van der Waals surface area contributed by atoms with Crippen molar-refractivity contribution in [3.8, 4) is 0 Å². The van der Waals surface area contributed by atoms with Crippen LogP contribution in [0.3, 0.4) is 0 Å². The number of nitrogens with one attached hydrogen (secondary N) is 3. The van der Waals surface area contributed by atoms with Crippen molar-refractivity contribution in [2.24, 2.45) is 4.99 Å². The second-order valence-corrected chi connectivity index (χ2v) is 8.92. The van der Waals surface area contributed by atoms with Gasteiger partial charge in [-0.3, -0.25) is 9.69 Å². The molecule has 0 radical (unpaired) electrons. The molecule has 10 heteroatoms. The SMILES string of the molecule is CC(=O)Nc1ncc(CN2CC(OC3=NCNC(NC4CCC4F)=C3)C[C@@H]2C)s1. The van der Waals surface area contributed by atoms with Gasteiger partial charge in [-0.1, -0.05) is 0 Å². The first-order valence-corrected chi connectivity index (χ1v) is 10.8. The number of thiazole rings is 1. The molecular formula is C19H27FN6O2S. The highest BCUT2D eigenvalue weighted by atomic mass is 32.1. The van der Waals surface area contributed by atoms with Crippen LogP contribution in [0.2, 0.25) is 0 Å². The van der Waals surface area contributed by atoms with Gasteiger partial charge in [0.2, 0.25) is 11.8 Å². The zero-order valence-corrected chi connectivity index (χ0v) is 17.5. The van der Waals surface area contributed by atoms with Gasteiger partial charge in [0, 0.05) is 49.6 Å². The van der Waals surface area contributed by atoms with Crippen LogP contribution >= 0.6 is 11.3 Å². The van der Waals surface area contributed by atoms with Gasteiger partial charge in [0.25, 0.3) is 0 Å². The van der Waals surface area contributed by atoms with E-state index < -0.39 is 6.17 Å². The largest absolute Gasteiger partial charge is 0.473 e. The predicted molar refractivity (Wildman–Crippen MR) is 110 cm³/mol. The standard InChI is InChI=1S/C19H27FN6O2S/c1-11-5-13(8-26(11)9-14-7-21-19(29-14)24-12(2)27)28-18-6-17(22-10-23-18)25-16-4-3-15(16)20/h6-7,11,13,15-16,22,25H,3-5,8-10H2,1-2H3,(H,21,24,27)/t11-,13?,15?,16?/m0/s1. The summed E-state index contributed by atoms with van der Waals surface area (Å²) in [7, 11) is 0. The topological polar surface area (TPSA) is 90.9 Å². The number of carbonyl (C=O) groups excluding carboxylic acids is 1. The predicted octanol–water partition coefficient (Wildman–Crippen LogP) is 1.97. The first-order valence-electron chi connectivity index (χ1n) is 10.00. The number of carbonyl (C=O) groups is 1. The summed E-state index contributed by atoms with van der Waals surface area (Å²) in [5.74, 6) is 1.25. The number of hydrogen-bond acceptors (Lipinski definition) is 8. The normalized spacial score (nSPS) is 29.3. The Hall–Kier alpha value is -2.20. The first-order chi connectivity index (χ1) is 14.0. The van der Waals surface area contributed by atoms with Crippen LogP contribution in [0.15, 0.2) is 23.1 Å². The molecule has 4 atom stereocenters. The van der Waals surface area contributed by atoms with Crippen LogP contribution in [0, 0.1) is 0 Å². The maximum Gasteiger partial charge on any atom is 0.223 e.